The number of rotatable bonds is 2. The van der Waals surface area contributed by atoms with Gasteiger partial charge in [0.05, 0.1) is 11.7 Å². The molecule has 1 aliphatic carbocycles. The molecule has 2 fully saturated rings. The highest BCUT2D eigenvalue weighted by atomic mass is 16.2. The second-order valence-corrected chi connectivity index (χ2v) is 7.01. The molecule has 0 bridgehead atoms. The molecule has 3 unspecified atom stereocenters. The third-order valence-electron chi connectivity index (χ3n) is 5.57. The molecule has 0 radical (unpaired) electrons. The third-order valence-corrected chi connectivity index (χ3v) is 5.57. The van der Waals surface area contributed by atoms with Gasteiger partial charge < -0.3 is 10.0 Å². The molecule has 1 aromatic rings. The Kier molecular flexibility index (Phi) is 4.00. The second-order valence-electron chi connectivity index (χ2n) is 7.01. The summed E-state index contributed by atoms with van der Waals surface area (Å²) in [5, 5.41) is 9.36. The molecule has 1 saturated heterocycles. The third kappa shape index (κ3) is 2.56. The number of hydrogen-bond donors (Lipinski definition) is 1. The molecule has 1 aromatic carbocycles. The summed E-state index contributed by atoms with van der Waals surface area (Å²) in [4.78, 5) is 27.3. The number of benzene rings is 1. The lowest BCUT2D eigenvalue weighted by molar-refractivity contribution is -0.156. The van der Waals surface area contributed by atoms with E-state index in [9.17, 15) is 14.7 Å². The van der Waals surface area contributed by atoms with Crippen molar-refractivity contribution in [3.05, 3.63) is 47.7 Å². The fourth-order valence-corrected chi connectivity index (χ4v) is 4.27. The van der Waals surface area contributed by atoms with E-state index >= 15 is 0 Å². The van der Waals surface area contributed by atoms with Crippen LogP contribution in [-0.2, 0) is 16.1 Å². The molecule has 3 atom stereocenters. The number of fused-ring (bicyclic) bond motifs is 1. The summed E-state index contributed by atoms with van der Waals surface area (Å²) in [7, 11) is 0. The van der Waals surface area contributed by atoms with E-state index in [0.29, 0.717) is 25.1 Å². The van der Waals surface area contributed by atoms with Crippen molar-refractivity contribution in [2.75, 3.05) is 6.54 Å². The Bertz CT molecular complexity index is 652. The number of aliphatic hydroxyl groups is 1. The monoisotopic (exact) mass is 313 g/mol. The van der Waals surface area contributed by atoms with Gasteiger partial charge in [0.25, 0.3) is 0 Å². The zero-order valence-electron chi connectivity index (χ0n) is 13.7. The van der Waals surface area contributed by atoms with Gasteiger partial charge in [-0.15, -0.1) is 0 Å². The molecule has 2 aliphatic rings. The topological polar surface area (TPSA) is 57.6 Å². The van der Waals surface area contributed by atoms with Crippen LogP contribution in [0.2, 0.25) is 0 Å². The lowest BCUT2D eigenvalue weighted by Crippen LogP contribution is -2.57. The molecule has 122 valence electrons. The number of carbonyl (C=O) groups excluding carboxylic acids is 2. The minimum Gasteiger partial charge on any atom is -0.515 e. The molecular formula is C19H23NO3. The SMILES string of the molecule is CC1C(=O)C(=CO)CC2(C)C(=O)N(Cc3ccccc3)CCC12. The molecule has 1 saturated carbocycles. The van der Waals surface area contributed by atoms with Crippen LogP contribution >= 0.6 is 0 Å². The summed E-state index contributed by atoms with van der Waals surface area (Å²) in [6, 6.07) is 9.96. The zero-order chi connectivity index (χ0) is 16.6. The molecule has 23 heavy (non-hydrogen) atoms. The average molecular weight is 313 g/mol. The predicted octanol–water partition coefficient (Wildman–Crippen LogP) is 3.09. The number of piperidine rings is 1. The van der Waals surface area contributed by atoms with Gasteiger partial charge in [0.15, 0.2) is 5.78 Å². The zero-order valence-corrected chi connectivity index (χ0v) is 13.7. The standard InChI is InChI=1S/C19H23NO3/c1-13-16-8-9-20(11-14-6-4-3-5-7-14)18(23)19(16,2)10-15(12-21)17(13)22/h3-7,12-13,16,21H,8-11H2,1-2H3. The van der Waals surface area contributed by atoms with E-state index in [1.807, 2.05) is 49.1 Å². The van der Waals surface area contributed by atoms with Crippen molar-refractivity contribution < 1.29 is 14.7 Å². The second kappa shape index (κ2) is 5.84. The Hall–Kier alpha value is -2.10. The van der Waals surface area contributed by atoms with E-state index in [4.69, 9.17) is 0 Å². The minimum absolute atomic E-state index is 0.0146. The number of likely N-dealkylation sites (tertiary alicyclic amines) is 1. The first-order valence-corrected chi connectivity index (χ1v) is 8.18. The number of aliphatic hydroxyl groups excluding tert-OH is 1. The van der Waals surface area contributed by atoms with Crippen LogP contribution in [0, 0.1) is 17.3 Å². The average Bonchev–Trinajstić information content (AvgIpc) is 2.56. The lowest BCUT2D eigenvalue weighted by Gasteiger charge is -2.50. The molecule has 0 spiro atoms. The Balaban J connectivity index is 1.86. The van der Waals surface area contributed by atoms with Crippen LogP contribution in [-0.4, -0.2) is 28.2 Å². The van der Waals surface area contributed by atoms with Crippen LogP contribution in [0.25, 0.3) is 0 Å². The first-order chi connectivity index (χ1) is 11.0. The lowest BCUT2D eigenvalue weighted by atomic mass is 9.58. The van der Waals surface area contributed by atoms with Crippen LogP contribution in [0.4, 0.5) is 0 Å². The summed E-state index contributed by atoms with van der Waals surface area (Å²) in [5.41, 5.74) is 0.890. The largest absolute Gasteiger partial charge is 0.515 e. The van der Waals surface area contributed by atoms with Crippen LogP contribution in [0.5, 0.6) is 0 Å². The van der Waals surface area contributed by atoms with Gasteiger partial charge in [0, 0.05) is 24.6 Å². The summed E-state index contributed by atoms with van der Waals surface area (Å²) < 4.78 is 0. The summed E-state index contributed by atoms with van der Waals surface area (Å²) >= 11 is 0. The Morgan fingerprint density at radius 1 is 1.30 bits per heavy atom. The normalized spacial score (nSPS) is 33.0. The first-order valence-electron chi connectivity index (χ1n) is 8.18. The van der Waals surface area contributed by atoms with Crippen LogP contribution < -0.4 is 0 Å². The molecule has 1 amide bonds. The van der Waals surface area contributed by atoms with E-state index in [2.05, 4.69) is 0 Å². The summed E-state index contributed by atoms with van der Waals surface area (Å²) in [6.45, 7) is 5.11. The van der Waals surface area contributed by atoms with Gasteiger partial charge >= 0.3 is 0 Å². The molecule has 1 aliphatic heterocycles. The van der Waals surface area contributed by atoms with Crippen molar-refractivity contribution in [2.24, 2.45) is 17.3 Å². The highest BCUT2D eigenvalue weighted by Gasteiger charge is 2.54. The van der Waals surface area contributed by atoms with Gasteiger partial charge in [-0.2, -0.15) is 0 Å². The summed E-state index contributed by atoms with van der Waals surface area (Å²) in [6.07, 6.45) is 2.06. The number of amides is 1. The van der Waals surface area contributed by atoms with Crippen LogP contribution in [0.15, 0.2) is 42.2 Å². The number of ketones is 1. The maximum Gasteiger partial charge on any atom is 0.229 e. The number of hydrogen-bond acceptors (Lipinski definition) is 3. The van der Waals surface area contributed by atoms with E-state index in [-0.39, 0.29) is 23.5 Å². The highest BCUT2D eigenvalue weighted by molar-refractivity contribution is 6.00. The number of Topliss-reactive ketones (excluding diaryl/α,β-unsaturated/α-hetero) is 1. The Labute approximate surface area is 136 Å². The van der Waals surface area contributed by atoms with E-state index in [1.165, 1.54) is 0 Å². The van der Waals surface area contributed by atoms with E-state index in [0.717, 1.165) is 18.2 Å². The van der Waals surface area contributed by atoms with Gasteiger partial charge in [0.2, 0.25) is 5.91 Å². The van der Waals surface area contributed by atoms with Crippen molar-refractivity contribution >= 4 is 11.7 Å². The van der Waals surface area contributed by atoms with Crippen molar-refractivity contribution in [3.63, 3.8) is 0 Å². The van der Waals surface area contributed by atoms with Gasteiger partial charge in [-0.1, -0.05) is 44.2 Å². The fraction of sp³-hybridized carbons (Fsp3) is 0.474. The van der Waals surface area contributed by atoms with Crippen molar-refractivity contribution in [1.29, 1.82) is 0 Å². The quantitative estimate of drug-likeness (QED) is 0.674. The Morgan fingerprint density at radius 3 is 2.65 bits per heavy atom. The van der Waals surface area contributed by atoms with Crippen molar-refractivity contribution in [3.8, 4) is 0 Å². The summed E-state index contributed by atoms with van der Waals surface area (Å²) in [5.74, 6) is -0.0798. The first kappa shape index (κ1) is 15.8. The minimum atomic E-state index is -0.602. The highest BCUT2D eigenvalue weighted by Crippen LogP contribution is 2.50. The van der Waals surface area contributed by atoms with E-state index in [1.54, 1.807) is 0 Å². The molecule has 1 N–H and O–H groups in total. The Morgan fingerprint density at radius 2 is 2.00 bits per heavy atom. The predicted molar refractivity (Wildman–Crippen MR) is 87.6 cm³/mol. The van der Waals surface area contributed by atoms with Gasteiger partial charge in [-0.05, 0) is 24.3 Å². The number of allylic oxidation sites excluding steroid dienone is 1. The van der Waals surface area contributed by atoms with Gasteiger partial charge in [-0.3, -0.25) is 9.59 Å². The fourth-order valence-electron chi connectivity index (χ4n) is 4.27. The maximum absolute atomic E-state index is 13.1. The van der Waals surface area contributed by atoms with Gasteiger partial charge in [0.1, 0.15) is 0 Å². The molecule has 3 rings (SSSR count). The molecular weight excluding hydrogens is 290 g/mol. The number of nitrogens with zero attached hydrogens (tertiary/aromatic N) is 1. The van der Waals surface area contributed by atoms with Gasteiger partial charge in [-0.25, -0.2) is 0 Å². The maximum atomic E-state index is 13.1. The van der Waals surface area contributed by atoms with Crippen LogP contribution in [0.1, 0.15) is 32.3 Å². The van der Waals surface area contributed by atoms with E-state index < -0.39 is 5.41 Å². The van der Waals surface area contributed by atoms with Crippen molar-refractivity contribution in [2.45, 2.75) is 33.2 Å². The molecule has 1 heterocycles. The molecule has 4 nitrogen and oxygen atoms in total. The number of carbonyl (C=O) groups is 2. The molecule has 0 aromatic heterocycles. The smallest absolute Gasteiger partial charge is 0.229 e. The molecule has 4 heteroatoms. The van der Waals surface area contributed by atoms with Crippen molar-refractivity contribution in [1.82, 2.24) is 4.90 Å². The van der Waals surface area contributed by atoms with Crippen LogP contribution in [0.3, 0.4) is 0 Å².